The lowest BCUT2D eigenvalue weighted by atomic mass is 10.0. The molecule has 0 saturated heterocycles. The maximum absolute atomic E-state index is 13.4. The first-order valence-corrected chi connectivity index (χ1v) is 13.3. The normalized spacial score (nSPS) is 14.3. The van der Waals surface area contributed by atoms with E-state index in [0.29, 0.717) is 37.2 Å². The van der Waals surface area contributed by atoms with E-state index in [1.54, 1.807) is 55.1 Å². The molecule has 4 rings (SSSR count). The molecule has 0 radical (unpaired) electrons. The van der Waals surface area contributed by atoms with Crippen LogP contribution >= 0.6 is 39.3 Å². The number of H-pyrrole nitrogens is 1. The van der Waals surface area contributed by atoms with Crippen molar-refractivity contribution in [2.75, 3.05) is 10.7 Å². The largest absolute Gasteiger partial charge is 0.425 e. The monoisotopic (exact) mass is 577 g/mol. The van der Waals surface area contributed by atoms with Crippen molar-refractivity contribution < 1.29 is 19.0 Å². The van der Waals surface area contributed by atoms with Crippen LogP contribution in [0.5, 0.6) is 5.75 Å². The first kappa shape index (κ1) is 25.4. The van der Waals surface area contributed by atoms with E-state index in [2.05, 4.69) is 20.9 Å². The number of hydrogen-bond donors (Lipinski definition) is 1. The molecule has 0 fully saturated rings. The van der Waals surface area contributed by atoms with E-state index in [4.69, 9.17) is 21.4 Å². The first-order valence-electron chi connectivity index (χ1n) is 11.1. The van der Waals surface area contributed by atoms with Gasteiger partial charge in [-0.05, 0) is 50.6 Å². The highest BCUT2D eigenvalue weighted by Gasteiger charge is 2.47. The Hall–Kier alpha value is -2.69. The summed E-state index contributed by atoms with van der Waals surface area (Å²) in [7, 11) is 0. The number of esters is 1. The molecule has 1 aliphatic rings. The number of rotatable bonds is 6. The Bertz CT molecular complexity index is 1380. The molecule has 0 spiro atoms. The summed E-state index contributed by atoms with van der Waals surface area (Å²) >= 11 is 11.3. The Balaban J connectivity index is 2.11. The summed E-state index contributed by atoms with van der Waals surface area (Å²) in [4.78, 5) is 43.5. The number of fused-ring (bicyclic) bond motifs is 3. The van der Waals surface area contributed by atoms with Crippen molar-refractivity contribution in [2.24, 2.45) is 0 Å². The number of amides is 1. The zero-order valence-corrected chi connectivity index (χ0v) is 22.5. The molecule has 1 aromatic heterocycles. The Morgan fingerprint density at radius 2 is 1.97 bits per heavy atom. The van der Waals surface area contributed by atoms with Gasteiger partial charge in [0.15, 0.2) is 5.75 Å². The third-order valence-electron chi connectivity index (χ3n) is 5.43. The minimum atomic E-state index is -0.930. The van der Waals surface area contributed by atoms with E-state index < -0.39 is 12.1 Å². The number of aromatic amines is 1. The number of thioether (sulfide) groups is 1. The number of aromatic nitrogens is 3. The van der Waals surface area contributed by atoms with E-state index in [1.807, 2.05) is 6.92 Å². The number of nitrogens with one attached hydrogen (secondary N) is 1. The quantitative estimate of drug-likeness (QED) is 0.194. The molecule has 1 amide bonds. The fraction of sp³-hybridized carbons (Fsp3) is 0.292. The summed E-state index contributed by atoms with van der Waals surface area (Å²) in [6, 6.07) is 10.4. The highest BCUT2D eigenvalue weighted by atomic mass is 79.9. The molecule has 11 heteroatoms. The summed E-state index contributed by atoms with van der Waals surface area (Å²) in [6.45, 7) is 5.40. The maximum Gasteiger partial charge on any atom is 0.325 e. The molecule has 8 nitrogen and oxygen atoms in total. The van der Waals surface area contributed by atoms with Gasteiger partial charge in [0.1, 0.15) is 0 Å². The lowest BCUT2D eigenvalue weighted by Crippen LogP contribution is -2.61. The molecule has 35 heavy (non-hydrogen) atoms. The molecular formula is C24H23BrClN4O4S+. The van der Waals surface area contributed by atoms with Crippen molar-refractivity contribution in [3.05, 3.63) is 61.8 Å². The van der Waals surface area contributed by atoms with Gasteiger partial charge < -0.3 is 4.74 Å². The molecule has 1 atom stereocenters. The van der Waals surface area contributed by atoms with E-state index in [-0.39, 0.29) is 35.8 Å². The van der Waals surface area contributed by atoms with Crippen molar-refractivity contribution in [3.63, 3.8) is 0 Å². The maximum atomic E-state index is 13.4. The molecule has 0 bridgehead atoms. The Morgan fingerprint density at radius 3 is 2.66 bits per heavy atom. The highest BCUT2D eigenvalue weighted by molar-refractivity contribution is 9.10. The second kappa shape index (κ2) is 10.5. The van der Waals surface area contributed by atoms with Gasteiger partial charge in [-0.2, -0.15) is 0 Å². The van der Waals surface area contributed by atoms with Crippen molar-refractivity contribution in [3.8, 4) is 17.0 Å². The predicted octanol–water partition coefficient (Wildman–Crippen LogP) is 4.87. The van der Waals surface area contributed by atoms with E-state index in [9.17, 15) is 14.4 Å². The first-order chi connectivity index (χ1) is 16.8. The minimum absolute atomic E-state index is 0.151. The van der Waals surface area contributed by atoms with Crippen LogP contribution < -0.4 is 19.9 Å². The Kier molecular flexibility index (Phi) is 7.63. The van der Waals surface area contributed by atoms with Gasteiger partial charge in [-0.15, -0.1) is 0 Å². The van der Waals surface area contributed by atoms with Crippen LogP contribution in [0.4, 0.5) is 5.69 Å². The zero-order chi connectivity index (χ0) is 25.3. The number of carbonyl (C=O) groups excluding carboxylic acids is 2. The van der Waals surface area contributed by atoms with Gasteiger partial charge in [0.05, 0.1) is 21.3 Å². The van der Waals surface area contributed by atoms with Gasteiger partial charge in [0, 0.05) is 23.0 Å². The summed E-state index contributed by atoms with van der Waals surface area (Å²) in [5.41, 5.74) is 1.48. The lowest BCUT2D eigenvalue weighted by molar-refractivity contribution is -0.763. The lowest BCUT2D eigenvalue weighted by Gasteiger charge is -2.32. The number of nitrogens with zero attached hydrogens (tertiary/aromatic N) is 3. The third kappa shape index (κ3) is 4.74. The van der Waals surface area contributed by atoms with Gasteiger partial charge >= 0.3 is 17.2 Å². The molecule has 1 aliphatic heterocycles. The second-order valence-corrected chi connectivity index (χ2v) is 10.2. The molecule has 1 N–H and O–H groups in total. The molecule has 2 aromatic carbocycles. The molecule has 0 aliphatic carbocycles. The average Bonchev–Trinajstić information content (AvgIpc) is 2.84. The molecule has 2 heterocycles. The standard InChI is InChI=1S/C24H22BrClN4O4S/c1-4-18(31)29-17-10-8-7-9-14(17)20-22(33)27-24(35-6-3)28-30(20)23(29)15-11-13(26)12-16(25)21(15)34-19(32)5-2/h7-12,23H,4-6H2,1-3H3/p+1/t23-/m0/s1. The molecule has 0 saturated carbocycles. The number of hydrogen-bond acceptors (Lipinski definition) is 6. The van der Waals surface area contributed by atoms with Crippen molar-refractivity contribution in [2.45, 2.75) is 44.9 Å². The number of halogens is 2. The molecule has 0 unspecified atom stereocenters. The number of para-hydroxylation sites is 1. The second-order valence-electron chi connectivity index (χ2n) is 7.63. The Labute approximate surface area is 219 Å². The molecular weight excluding hydrogens is 556 g/mol. The van der Waals surface area contributed by atoms with Crippen molar-refractivity contribution in [1.82, 2.24) is 10.1 Å². The zero-order valence-electron chi connectivity index (χ0n) is 19.3. The van der Waals surface area contributed by atoms with Crippen LogP contribution in [0, 0.1) is 0 Å². The van der Waals surface area contributed by atoms with Crippen LogP contribution in [0.2, 0.25) is 5.02 Å². The van der Waals surface area contributed by atoms with Crippen LogP contribution in [0.15, 0.2) is 50.8 Å². The summed E-state index contributed by atoms with van der Waals surface area (Å²) in [5.74, 6) is 0.245. The summed E-state index contributed by atoms with van der Waals surface area (Å²) < 4.78 is 7.66. The Morgan fingerprint density at radius 1 is 1.23 bits per heavy atom. The van der Waals surface area contributed by atoms with E-state index >= 15 is 0 Å². The smallest absolute Gasteiger partial charge is 0.325 e. The van der Waals surface area contributed by atoms with Crippen LogP contribution in [0.1, 0.15) is 45.3 Å². The van der Waals surface area contributed by atoms with E-state index in [1.165, 1.54) is 16.4 Å². The third-order valence-corrected chi connectivity index (χ3v) is 6.98. The van der Waals surface area contributed by atoms with Crippen LogP contribution in [-0.4, -0.2) is 27.7 Å². The highest BCUT2D eigenvalue weighted by Crippen LogP contribution is 2.43. The predicted molar refractivity (Wildman–Crippen MR) is 138 cm³/mol. The van der Waals surface area contributed by atoms with Crippen molar-refractivity contribution >= 4 is 56.9 Å². The van der Waals surface area contributed by atoms with Gasteiger partial charge in [-0.1, -0.05) is 56.3 Å². The number of carbonyl (C=O) groups is 2. The average molecular weight is 579 g/mol. The van der Waals surface area contributed by atoms with Crippen LogP contribution in [-0.2, 0) is 9.59 Å². The summed E-state index contributed by atoms with van der Waals surface area (Å²) in [6.07, 6.45) is -0.578. The fourth-order valence-electron chi connectivity index (χ4n) is 3.96. The minimum Gasteiger partial charge on any atom is -0.425 e. The van der Waals surface area contributed by atoms with E-state index in [0.717, 1.165) is 0 Å². The summed E-state index contributed by atoms with van der Waals surface area (Å²) in [5, 5.41) is 5.49. The molecule has 182 valence electrons. The number of anilines is 1. The fourth-order valence-corrected chi connectivity index (χ4v) is 5.46. The number of ether oxygens (including phenoxy) is 1. The number of benzene rings is 2. The topological polar surface area (TPSA) is 96.2 Å². The van der Waals surface area contributed by atoms with Gasteiger partial charge in [-0.3, -0.25) is 19.4 Å². The van der Waals surface area contributed by atoms with Crippen molar-refractivity contribution in [1.29, 1.82) is 0 Å². The van der Waals surface area contributed by atoms with Crippen LogP contribution in [0.25, 0.3) is 11.3 Å². The molecule has 3 aromatic rings. The van der Waals surface area contributed by atoms with Crippen LogP contribution in [0.3, 0.4) is 0 Å². The SMILES string of the molecule is CCSc1n[n+]2c(c(=O)[nH]1)-c1ccccc1N(C(=O)CC)[C@@H]2c1cc(Cl)cc(Br)c1OC(=O)CC. The van der Waals surface area contributed by atoms with Gasteiger partial charge in [0.25, 0.3) is 6.17 Å². The van der Waals surface area contributed by atoms with Gasteiger partial charge in [-0.25, -0.2) is 4.90 Å². The van der Waals surface area contributed by atoms with Gasteiger partial charge in [0.2, 0.25) is 11.1 Å².